The van der Waals surface area contributed by atoms with Crippen LogP contribution in [-0.4, -0.2) is 28.7 Å². The Hall–Kier alpha value is -2.66. The molecule has 3 N–H and O–H groups in total. The second kappa shape index (κ2) is 5.85. The first-order valence-electron chi connectivity index (χ1n) is 7.04. The zero-order chi connectivity index (χ0) is 16.6. The van der Waals surface area contributed by atoms with Crippen LogP contribution in [0, 0.1) is 5.41 Å². The summed E-state index contributed by atoms with van der Waals surface area (Å²) in [5.74, 6) is -0.127. The average Bonchev–Trinajstić information content (AvgIpc) is 2.56. The molecule has 1 amide bonds. The molecule has 0 bridgehead atoms. The molecule has 0 saturated heterocycles. The maximum Gasteiger partial charge on any atom is 0.232 e. The molecule has 1 aromatic carbocycles. The van der Waals surface area contributed by atoms with Crippen LogP contribution < -0.4 is 5.73 Å². The lowest BCUT2D eigenvalue weighted by molar-refractivity contribution is -0.125. The predicted octanol–water partition coefficient (Wildman–Crippen LogP) is 2.91. The molecule has 0 saturated carbocycles. The van der Waals surface area contributed by atoms with Gasteiger partial charge in [-0.05, 0) is 35.4 Å². The quantitative estimate of drug-likeness (QED) is 0.890. The minimum Gasteiger partial charge on any atom is -0.395 e. The van der Waals surface area contributed by atoms with E-state index in [1.807, 2.05) is 24.3 Å². The summed E-state index contributed by atoms with van der Waals surface area (Å²) in [4.78, 5) is 17.6. The molecule has 1 aromatic heterocycles. The zero-order valence-electron chi connectivity index (χ0n) is 12.5. The van der Waals surface area contributed by atoms with Crippen molar-refractivity contribution in [1.82, 2.24) is 9.88 Å². The number of nitrogens with one attached hydrogen (secondary N) is 1. The molecule has 116 valence electrons. The van der Waals surface area contributed by atoms with Crippen LogP contribution in [0.1, 0.15) is 12.0 Å². The molecule has 0 aliphatic carbocycles. The van der Waals surface area contributed by atoms with Gasteiger partial charge in [-0.25, -0.2) is 0 Å². The highest BCUT2D eigenvalue weighted by Gasteiger charge is 2.27. The molecular formula is C17H15ClN4O. The van der Waals surface area contributed by atoms with Crippen LogP contribution in [0.5, 0.6) is 0 Å². The monoisotopic (exact) mass is 326 g/mol. The second-order valence-corrected chi connectivity index (χ2v) is 5.75. The Balaban J connectivity index is 2.07. The van der Waals surface area contributed by atoms with Crippen molar-refractivity contribution in [2.24, 2.45) is 5.73 Å². The summed E-state index contributed by atoms with van der Waals surface area (Å²) < 4.78 is 0. The predicted molar refractivity (Wildman–Crippen MR) is 90.9 cm³/mol. The van der Waals surface area contributed by atoms with Crippen LogP contribution in [0.15, 0.2) is 48.3 Å². The largest absolute Gasteiger partial charge is 0.395 e. The van der Waals surface area contributed by atoms with E-state index in [4.69, 9.17) is 22.7 Å². The Morgan fingerprint density at radius 2 is 2.04 bits per heavy atom. The molecule has 1 aliphatic rings. The number of hydrogen-bond acceptors (Lipinski definition) is 4. The summed E-state index contributed by atoms with van der Waals surface area (Å²) >= 11 is 6.03. The van der Waals surface area contributed by atoms with Crippen molar-refractivity contribution >= 4 is 28.9 Å². The van der Waals surface area contributed by atoms with Gasteiger partial charge in [0.05, 0.1) is 17.8 Å². The standard InChI is InChI=1S/C17H15ClN4O/c1-22-15(23)9-13(16(19)17(22)20)10-5-6-21-14(8-10)11-3-2-4-12(18)7-11/h2-8,20H,9,19H2,1H3. The third-order valence-electron chi connectivity index (χ3n) is 3.85. The maximum absolute atomic E-state index is 12.0. The van der Waals surface area contributed by atoms with E-state index in [2.05, 4.69) is 4.98 Å². The molecule has 5 nitrogen and oxygen atoms in total. The van der Waals surface area contributed by atoms with Crippen molar-refractivity contribution in [2.45, 2.75) is 6.42 Å². The lowest BCUT2D eigenvalue weighted by Gasteiger charge is -2.26. The van der Waals surface area contributed by atoms with Gasteiger partial charge in [0.2, 0.25) is 5.91 Å². The molecule has 6 heteroatoms. The van der Waals surface area contributed by atoms with Crippen LogP contribution in [0.3, 0.4) is 0 Å². The molecule has 0 fully saturated rings. The lowest BCUT2D eigenvalue weighted by atomic mass is 9.95. The number of likely N-dealkylation sites (N-methyl/N-ethyl adjacent to an activating group) is 1. The van der Waals surface area contributed by atoms with Crippen molar-refractivity contribution in [3.05, 3.63) is 58.9 Å². The van der Waals surface area contributed by atoms with Crippen LogP contribution >= 0.6 is 11.6 Å². The molecule has 1 aliphatic heterocycles. The summed E-state index contributed by atoms with van der Waals surface area (Å²) in [7, 11) is 1.55. The van der Waals surface area contributed by atoms with E-state index in [-0.39, 0.29) is 18.2 Å². The van der Waals surface area contributed by atoms with Gasteiger partial charge in [-0.15, -0.1) is 0 Å². The SMILES string of the molecule is CN1C(=N)C(N)=C(c2ccnc(-c3cccc(Cl)c3)c2)CC1=O. The van der Waals surface area contributed by atoms with Gasteiger partial charge in [-0.2, -0.15) is 0 Å². The van der Waals surface area contributed by atoms with Crippen LogP contribution in [0.4, 0.5) is 0 Å². The number of amides is 1. The van der Waals surface area contributed by atoms with Crippen molar-refractivity contribution in [3.63, 3.8) is 0 Å². The van der Waals surface area contributed by atoms with Crippen LogP contribution in [0.2, 0.25) is 5.02 Å². The van der Waals surface area contributed by atoms with Gasteiger partial charge in [0.15, 0.2) is 5.84 Å². The topological polar surface area (TPSA) is 83.1 Å². The third kappa shape index (κ3) is 2.83. The summed E-state index contributed by atoms with van der Waals surface area (Å²) in [6.45, 7) is 0. The molecular weight excluding hydrogens is 312 g/mol. The maximum atomic E-state index is 12.0. The number of pyridine rings is 1. The average molecular weight is 327 g/mol. The highest BCUT2D eigenvalue weighted by Crippen LogP contribution is 2.29. The van der Waals surface area contributed by atoms with Crippen molar-refractivity contribution in [1.29, 1.82) is 5.41 Å². The molecule has 3 rings (SSSR count). The fourth-order valence-corrected chi connectivity index (χ4v) is 2.69. The number of amidine groups is 1. The summed E-state index contributed by atoms with van der Waals surface area (Å²) in [5.41, 5.74) is 9.42. The molecule has 2 aromatic rings. The number of nitrogens with two attached hydrogens (primary N) is 1. The van der Waals surface area contributed by atoms with Gasteiger partial charge in [-0.1, -0.05) is 23.7 Å². The van der Waals surface area contributed by atoms with Gasteiger partial charge < -0.3 is 5.73 Å². The Labute approximate surface area is 138 Å². The molecule has 0 spiro atoms. The highest BCUT2D eigenvalue weighted by molar-refractivity contribution is 6.30. The van der Waals surface area contributed by atoms with Crippen LogP contribution in [-0.2, 0) is 4.79 Å². The Morgan fingerprint density at radius 3 is 2.78 bits per heavy atom. The number of carbonyl (C=O) groups excluding carboxylic acids is 1. The minimum absolute atomic E-state index is 0.0253. The van der Waals surface area contributed by atoms with E-state index in [0.717, 1.165) is 16.8 Å². The fourth-order valence-electron chi connectivity index (χ4n) is 2.49. The lowest BCUT2D eigenvalue weighted by Crippen LogP contribution is -2.40. The van der Waals surface area contributed by atoms with Gasteiger partial charge in [0, 0.05) is 23.8 Å². The molecule has 0 unspecified atom stereocenters. The van der Waals surface area contributed by atoms with Gasteiger partial charge >= 0.3 is 0 Å². The Morgan fingerprint density at radius 1 is 1.26 bits per heavy atom. The minimum atomic E-state index is -0.152. The number of carbonyl (C=O) groups is 1. The molecule has 0 atom stereocenters. The molecule has 2 heterocycles. The van der Waals surface area contributed by atoms with E-state index >= 15 is 0 Å². The summed E-state index contributed by atoms with van der Waals surface area (Å²) in [5, 5.41) is 8.58. The van der Waals surface area contributed by atoms with Crippen LogP contribution in [0.25, 0.3) is 16.8 Å². The number of aromatic nitrogens is 1. The smallest absolute Gasteiger partial charge is 0.232 e. The zero-order valence-corrected chi connectivity index (χ0v) is 13.3. The first-order chi connectivity index (χ1) is 11.0. The summed E-state index contributed by atoms with van der Waals surface area (Å²) in [6, 6.07) is 11.0. The van der Waals surface area contributed by atoms with Gasteiger partial charge in [-0.3, -0.25) is 20.1 Å². The fraction of sp³-hybridized carbons (Fsp3) is 0.118. The van der Waals surface area contributed by atoms with E-state index in [0.29, 0.717) is 16.3 Å². The third-order valence-corrected chi connectivity index (χ3v) is 4.08. The van der Waals surface area contributed by atoms with Gasteiger partial charge in [0.1, 0.15) is 0 Å². The second-order valence-electron chi connectivity index (χ2n) is 5.31. The molecule has 0 radical (unpaired) electrons. The number of rotatable bonds is 2. The van der Waals surface area contributed by atoms with E-state index < -0.39 is 0 Å². The van der Waals surface area contributed by atoms with Crippen molar-refractivity contribution in [3.8, 4) is 11.3 Å². The van der Waals surface area contributed by atoms with Crippen molar-refractivity contribution < 1.29 is 4.79 Å². The number of nitrogens with zero attached hydrogens (tertiary/aromatic N) is 2. The highest BCUT2D eigenvalue weighted by atomic mass is 35.5. The van der Waals surface area contributed by atoms with Gasteiger partial charge in [0.25, 0.3) is 0 Å². The van der Waals surface area contributed by atoms with E-state index in [9.17, 15) is 4.79 Å². The van der Waals surface area contributed by atoms with E-state index in [1.165, 1.54) is 4.90 Å². The Bertz CT molecular complexity index is 844. The Kier molecular flexibility index (Phi) is 3.88. The first kappa shape index (κ1) is 15.2. The normalized spacial score (nSPS) is 15.3. The van der Waals surface area contributed by atoms with Crippen molar-refractivity contribution in [2.75, 3.05) is 7.05 Å². The number of halogens is 1. The number of hydrogen-bond donors (Lipinski definition) is 2. The molecule has 23 heavy (non-hydrogen) atoms. The summed E-state index contributed by atoms with van der Waals surface area (Å²) in [6.07, 6.45) is 1.84. The van der Waals surface area contributed by atoms with E-state index in [1.54, 1.807) is 25.4 Å². The first-order valence-corrected chi connectivity index (χ1v) is 7.41. The number of benzene rings is 1.